The van der Waals surface area contributed by atoms with Gasteiger partial charge in [-0.05, 0) is 41.0 Å². The van der Waals surface area contributed by atoms with E-state index in [9.17, 15) is 4.79 Å². The molecule has 1 aromatic carbocycles. The minimum atomic E-state index is -0.366. The number of amides is 2. The highest BCUT2D eigenvalue weighted by atomic mass is 32.2. The highest BCUT2D eigenvalue weighted by Gasteiger charge is 2.12. The van der Waals surface area contributed by atoms with Crippen molar-refractivity contribution in [1.29, 1.82) is 0 Å². The van der Waals surface area contributed by atoms with Gasteiger partial charge in [-0.25, -0.2) is 14.5 Å². The first-order valence-corrected chi connectivity index (χ1v) is 10.8. The molecule has 0 atom stereocenters. The smallest absolute Gasteiger partial charge is 0.325 e. The van der Waals surface area contributed by atoms with Crippen molar-refractivity contribution < 1.29 is 9.53 Å². The summed E-state index contributed by atoms with van der Waals surface area (Å²) in [6.45, 7) is 6.72. The third kappa shape index (κ3) is 6.16. The third-order valence-corrected chi connectivity index (χ3v) is 5.81. The van der Waals surface area contributed by atoms with Crippen LogP contribution >= 0.6 is 23.1 Å². The zero-order valence-electron chi connectivity index (χ0n) is 16.7. The van der Waals surface area contributed by atoms with Crippen molar-refractivity contribution in [2.24, 2.45) is 13.0 Å². The molecule has 0 saturated heterocycles. The number of rotatable bonds is 8. The predicted octanol–water partition coefficient (Wildman–Crippen LogP) is 3.95. The molecule has 0 saturated carbocycles. The maximum Gasteiger partial charge on any atom is 0.325 e. The molecule has 0 unspecified atom stereocenters. The lowest BCUT2D eigenvalue weighted by atomic mass is 10.2. The lowest BCUT2D eigenvalue weighted by molar-refractivity contribution is 0.260. The van der Waals surface area contributed by atoms with Gasteiger partial charge in [0.05, 0.1) is 12.3 Å². The van der Waals surface area contributed by atoms with Crippen molar-refractivity contribution >= 4 is 39.9 Å². The zero-order chi connectivity index (χ0) is 20.8. The number of nitrogens with zero attached hydrogens (tertiary/aromatic N) is 5. The molecule has 3 rings (SSSR count). The van der Waals surface area contributed by atoms with E-state index in [1.807, 2.05) is 25.1 Å². The largest absolute Gasteiger partial charge is 0.491 e. The Morgan fingerprint density at radius 2 is 2.17 bits per heavy atom. The summed E-state index contributed by atoms with van der Waals surface area (Å²) in [5.74, 6) is 1.71. The quantitative estimate of drug-likeness (QED) is 0.518. The number of carbonyl (C=O) groups is 1. The average molecular weight is 434 g/mol. The van der Waals surface area contributed by atoms with E-state index in [2.05, 4.69) is 45.0 Å². The summed E-state index contributed by atoms with van der Waals surface area (Å²) in [6, 6.07) is 5.31. The van der Waals surface area contributed by atoms with Gasteiger partial charge in [-0.3, -0.25) is 5.32 Å². The normalized spacial score (nSPS) is 10.9. The second-order valence-corrected chi connectivity index (χ2v) is 8.85. The molecule has 0 radical (unpaired) electrons. The second-order valence-electron chi connectivity index (χ2n) is 6.79. The lowest BCUT2D eigenvalue weighted by Gasteiger charge is -2.14. The molecule has 9 nitrogen and oxygen atoms in total. The van der Waals surface area contributed by atoms with Crippen LogP contribution in [0, 0.1) is 12.8 Å². The molecule has 3 aromatic rings. The molecular weight excluding hydrogens is 410 g/mol. The average Bonchev–Trinajstić information content (AvgIpc) is 3.28. The van der Waals surface area contributed by atoms with Crippen molar-refractivity contribution in [3.63, 3.8) is 0 Å². The maximum atomic E-state index is 12.4. The molecule has 2 amide bonds. The van der Waals surface area contributed by atoms with Crippen LogP contribution < -0.4 is 15.4 Å². The third-order valence-electron chi connectivity index (χ3n) is 3.66. The van der Waals surface area contributed by atoms with E-state index in [0.717, 1.165) is 15.6 Å². The van der Waals surface area contributed by atoms with E-state index in [0.29, 0.717) is 34.8 Å². The van der Waals surface area contributed by atoms with Gasteiger partial charge < -0.3 is 10.1 Å². The number of hydrogen-bond donors (Lipinski definition) is 2. The van der Waals surface area contributed by atoms with Crippen LogP contribution in [0.3, 0.4) is 0 Å². The number of anilines is 2. The highest BCUT2D eigenvalue weighted by molar-refractivity contribution is 7.98. The van der Waals surface area contributed by atoms with Gasteiger partial charge in [0.15, 0.2) is 5.13 Å². The van der Waals surface area contributed by atoms with Crippen LogP contribution in [-0.4, -0.2) is 37.8 Å². The number of nitrogens with one attached hydrogen (secondary N) is 2. The summed E-state index contributed by atoms with van der Waals surface area (Å²) in [6.07, 6.45) is 1.74. The van der Waals surface area contributed by atoms with Crippen LogP contribution in [0.25, 0.3) is 0 Å². The lowest BCUT2D eigenvalue weighted by Crippen LogP contribution is -2.20. The summed E-state index contributed by atoms with van der Waals surface area (Å²) >= 11 is 2.91. The molecule has 0 spiro atoms. The molecule has 154 valence electrons. The number of aromatic nitrogens is 5. The molecule has 0 bridgehead atoms. The Morgan fingerprint density at radius 3 is 2.90 bits per heavy atom. The van der Waals surface area contributed by atoms with Crippen molar-refractivity contribution in [3.8, 4) is 5.75 Å². The first kappa shape index (κ1) is 21.1. The fraction of sp³-hybridized carbons (Fsp3) is 0.389. The molecule has 0 aliphatic rings. The summed E-state index contributed by atoms with van der Waals surface area (Å²) < 4.78 is 7.45. The SMILES string of the molecule is Cc1ccc(NC(=O)Nc2ncc(CSc3nnnn3C)s2)c(OCC(C)C)c1. The molecule has 2 N–H and O–H groups in total. The summed E-state index contributed by atoms with van der Waals surface area (Å²) in [7, 11) is 1.79. The van der Waals surface area contributed by atoms with Gasteiger partial charge in [-0.2, -0.15) is 0 Å². The summed E-state index contributed by atoms with van der Waals surface area (Å²) in [5, 5.41) is 18.2. The van der Waals surface area contributed by atoms with E-state index in [1.165, 1.54) is 23.1 Å². The Bertz CT molecular complexity index is 971. The number of carbonyl (C=O) groups excluding carboxylic acids is 1. The maximum absolute atomic E-state index is 12.4. The van der Waals surface area contributed by atoms with Gasteiger partial charge in [-0.15, -0.1) is 16.4 Å². The minimum Gasteiger partial charge on any atom is -0.491 e. The molecule has 0 fully saturated rings. The molecular formula is C18H23N7O2S2. The first-order valence-electron chi connectivity index (χ1n) is 9.02. The Morgan fingerprint density at radius 1 is 1.34 bits per heavy atom. The zero-order valence-corrected chi connectivity index (χ0v) is 18.3. The monoisotopic (exact) mass is 433 g/mol. The van der Waals surface area contributed by atoms with E-state index in [4.69, 9.17) is 4.74 Å². The minimum absolute atomic E-state index is 0.366. The molecule has 2 heterocycles. The van der Waals surface area contributed by atoms with Crippen molar-refractivity contribution in [2.45, 2.75) is 31.7 Å². The summed E-state index contributed by atoms with van der Waals surface area (Å²) in [5.41, 5.74) is 1.69. The van der Waals surface area contributed by atoms with Crippen molar-refractivity contribution in [3.05, 3.63) is 34.8 Å². The Labute approximate surface area is 177 Å². The van der Waals surface area contributed by atoms with Crippen LogP contribution in [0.4, 0.5) is 15.6 Å². The number of urea groups is 1. The van der Waals surface area contributed by atoms with Gasteiger partial charge in [0.1, 0.15) is 5.75 Å². The van der Waals surface area contributed by atoms with Crippen LogP contribution in [-0.2, 0) is 12.8 Å². The Balaban J connectivity index is 1.57. The number of hydrogen-bond acceptors (Lipinski definition) is 8. The van der Waals surface area contributed by atoms with Crippen LogP contribution in [0.2, 0.25) is 0 Å². The Kier molecular flexibility index (Phi) is 7.04. The van der Waals surface area contributed by atoms with Gasteiger partial charge in [0.25, 0.3) is 0 Å². The standard InChI is InChI=1S/C18H23N7O2S2/c1-11(2)9-27-15-7-12(3)5-6-14(15)20-16(26)21-17-19-8-13(29-17)10-28-18-22-23-24-25(18)4/h5-8,11H,9-10H2,1-4H3,(H2,19,20,21,26). The fourth-order valence-electron chi connectivity index (χ4n) is 2.27. The van der Waals surface area contributed by atoms with E-state index in [1.54, 1.807) is 17.9 Å². The van der Waals surface area contributed by atoms with Crippen LogP contribution in [0.1, 0.15) is 24.3 Å². The van der Waals surface area contributed by atoms with Gasteiger partial charge in [0, 0.05) is 23.9 Å². The number of tetrazole rings is 1. The molecule has 2 aromatic heterocycles. The van der Waals surface area contributed by atoms with Gasteiger partial charge in [0.2, 0.25) is 5.16 Å². The second kappa shape index (κ2) is 9.70. The number of benzene rings is 1. The fourth-order valence-corrected chi connectivity index (χ4v) is 3.95. The number of thioether (sulfide) groups is 1. The molecule has 0 aliphatic heterocycles. The molecule has 0 aliphatic carbocycles. The summed E-state index contributed by atoms with van der Waals surface area (Å²) in [4.78, 5) is 17.7. The van der Waals surface area contributed by atoms with Crippen LogP contribution in [0.5, 0.6) is 5.75 Å². The topological polar surface area (TPSA) is 107 Å². The van der Waals surface area contributed by atoms with Crippen molar-refractivity contribution in [1.82, 2.24) is 25.2 Å². The van der Waals surface area contributed by atoms with E-state index < -0.39 is 0 Å². The van der Waals surface area contributed by atoms with Gasteiger partial charge >= 0.3 is 6.03 Å². The molecule has 29 heavy (non-hydrogen) atoms. The first-order chi connectivity index (χ1) is 13.9. The Hall–Kier alpha value is -2.66. The van der Waals surface area contributed by atoms with E-state index in [-0.39, 0.29) is 6.03 Å². The van der Waals surface area contributed by atoms with E-state index >= 15 is 0 Å². The number of aryl methyl sites for hydroxylation is 2. The predicted molar refractivity (Wildman–Crippen MR) is 115 cm³/mol. The number of thiazole rings is 1. The highest BCUT2D eigenvalue weighted by Crippen LogP contribution is 2.28. The van der Waals surface area contributed by atoms with Crippen LogP contribution in [0.15, 0.2) is 29.6 Å². The van der Waals surface area contributed by atoms with Gasteiger partial charge in [-0.1, -0.05) is 31.7 Å². The van der Waals surface area contributed by atoms with Crippen molar-refractivity contribution in [2.75, 3.05) is 17.2 Å². The number of ether oxygens (including phenoxy) is 1. The molecule has 11 heteroatoms.